The van der Waals surface area contributed by atoms with Gasteiger partial charge in [0.25, 0.3) is 5.56 Å². The van der Waals surface area contributed by atoms with Gasteiger partial charge in [-0.3, -0.25) is 4.79 Å². The first-order valence-corrected chi connectivity index (χ1v) is 6.81. The van der Waals surface area contributed by atoms with Gasteiger partial charge in [0.2, 0.25) is 0 Å². The van der Waals surface area contributed by atoms with Crippen LogP contribution in [0.15, 0.2) is 29.1 Å². The number of aromatic amines is 1. The summed E-state index contributed by atoms with van der Waals surface area (Å²) in [5.41, 5.74) is 0.804. The number of H-pyrrole nitrogens is 1. The summed E-state index contributed by atoms with van der Waals surface area (Å²) in [5, 5.41) is 0.685. The monoisotopic (exact) mass is 242 g/mol. The molecule has 1 aliphatic rings. The quantitative estimate of drug-likeness (QED) is 0.879. The van der Waals surface area contributed by atoms with Crippen molar-refractivity contribution in [1.82, 2.24) is 9.97 Å². The summed E-state index contributed by atoms with van der Waals surface area (Å²) in [4.78, 5) is 19.5. The molecule has 1 fully saturated rings. The molecule has 0 unspecified atom stereocenters. The number of nitrogens with zero attached hydrogens (tertiary/aromatic N) is 1. The van der Waals surface area contributed by atoms with Crippen LogP contribution < -0.4 is 5.56 Å². The minimum absolute atomic E-state index is 0.00795. The Morgan fingerprint density at radius 1 is 1.17 bits per heavy atom. The van der Waals surface area contributed by atoms with Crippen molar-refractivity contribution in [3.8, 4) is 0 Å². The smallest absolute Gasteiger partial charge is 0.258 e. The maximum atomic E-state index is 11.9. The highest BCUT2D eigenvalue weighted by molar-refractivity contribution is 5.77. The van der Waals surface area contributed by atoms with E-state index in [9.17, 15) is 4.79 Å². The Kier molecular flexibility index (Phi) is 3.13. The van der Waals surface area contributed by atoms with Crippen molar-refractivity contribution in [2.45, 2.75) is 38.5 Å². The lowest BCUT2D eigenvalue weighted by Gasteiger charge is -2.20. The number of rotatable bonds is 2. The normalized spacial score (nSPS) is 17.1. The Balaban J connectivity index is 1.90. The highest BCUT2D eigenvalue weighted by Crippen LogP contribution is 2.25. The topological polar surface area (TPSA) is 45.8 Å². The van der Waals surface area contributed by atoms with E-state index in [1.54, 1.807) is 0 Å². The van der Waals surface area contributed by atoms with Crippen LogP contribution in [0.3, 0.4) is 0 Å². The molecule has 0 spiro atoms. The van der Waals surface area contributed by atoms with Crippen LogP contribution in [0.1, 0.15) is 37.9 Å². The summed E-state index contributed by atoms with van der Waals surface area (Å²) in [6, 6.07) is 7.54. The highest BCUT2D eigenvalue weighted by Gasteiger charge is 2.15. The fourth-order valence-corrected chi connectivity index (χ4v) is 2.90. The summed E-state index contributed by atoms with van der Waals surface area (Å²) in [6.07, 6.45) is 7.47. The first-order chi connectivity index (χ1) is 8.83. The predicted molar refractivity (Wildman–Crippen MR) is 72.6 cm³/mol. The van der Waals surface area contributed by atoms with Crippen LogP contribution in [-0.2, 0) is 6.42 Å². The van der Waals surface area contributed by atoms with Gasteiger partial charge in [0.1, 0.15) is 5.82 Å². The van der Waals surface area contributed by atoms with Crippen molar-refractivity contribution in [3.63, 3.8) is 0 Å². The summed E-state index contributed by atoms with van der Waals surface area (Å²) >= 11 is 0. The van der Waals surface area contributed by atoms with E-state index in [2.05, 4.69) is 9.97 Å². The Bertz CT molecular complexity index is 597. The molecule has 0 aliphatic heterocycles. The van der Waals surface area contributed by atoms with Gasteiger partial charge < -0.3 is 4.98 Å². The van der Waals surface area contributed by atoms with Gasteiger partial charge >= 0.3 is 0 Å². The fourth-order valence-electron chi connectivity index (χ4n) is 2.90. The second-order valence-corrected chi connectivity index (χ2v) is 5.24. The second kappa shape index (κ2) is 4.92. The molecule has 0 saturated heterocycles. The molecule has 94 valence electrons. The first kappa shape index (κ1) is 11.5. The van der Waals surface area contributed by atoms with Crippen LogP contribution in [0.25, 0.3) is 10.9 Å². The van der Waals surface area contributed by atoms with E-state index in [1.165, 1.54) is 32.1 Å². The third-order valence-corrected chi connectivity index (χ3v) is 3.87. The lowest BCUT2D eigenvalue weighted by Crippen LogP contribution is -2.16. The Morgan fingerprint density at radius 3 is 2.78 bits per heavy atom. The van der Waals surface area contributed by atoms with Crippen molar-refractivity contribution in [1.29, 1.82) is 0 Å². The standard InChI is InChI=1S/C15H18N2O/c18-15-12-8-4-5-9-13(12)16-14(17-15)10-11-6-2-1-3-7-11/h4-5,8-9,11H,1-3,6-7,10H2,(H,16,17,18). The number of hydrogen-bond donors (Lipinski definition) is 1. The second-order valence-electron chi connectivity index (χ2n) is 5.24. The predicted octanol–water partition coefficient (Wildman–Crippen LogP) is 3.05. The van der Waals surface area contributed by atoms with E-state index < -0.39 is 0 Å². The molecule has 3 nitrogen and oxygen atoms in total. The summed E-state index contributed by atoms with van der Waals surface area (Å²) in [6.45, 7) is 0. The van der Waals surface area contributed by atoms with Crippen LogP contribution in [0.2, 0.25) is 0 Å². The minimum atomic E-state index is -0.00795. The average molecular weight is 242 g/mol. The summed E-state index contributed by atoms with van der Waals surface area (Å²) < 4.78 is 0. The van der Waals surface area contributed by atoms with Gasteiger partial charge in [-0.15, -0.1) is 0 Å². The molecule has 1 heterocycles. The van der Waals surface area contributed by atoms with Gasteiger partial charge in [-0.1, -0.05) is 44.2 Å². The van der Waals surface area contributed by atoms with Gasteiger partial charge in [-0.2, -0.15) is 0 Å². The SMILES string of the molecule is O=c1[nH]c(CC2CCCCC2)nc2ccccc12. The zero-order valence-corrected chi connectivity index (χ0v) is 10.5. The maximum absolute atomic E-state index is 11.9. The van der Waals surface area contributed by atoms with Crippen LogP contribution in [0.4, 0.5) is 0 Å². The number of aromatic nitrogens is 2. The van der Waals surface area contributed by atoms with E-state index in [-0.39, 0.29) is 5.56 Å². The molecule has 0 bridgehead atoms. The first-order valence-electron chi connectivity index (χ1n) is 6.81. The van der Waals surface area contributed by atoms with Crippen LogP contribution in [0, 0.1) is 5.92 Å². The number of hydrogen-bond acceptors (Lipinski definition) is 2. The highest BCUT2D eigenvalue weighted by atomic mass is 16.1. The van der Waals surface area contributed by atoms with Crippen molar-refractivity contribution in [3.05, 3.63) is 40.4 Å². The van der Waals surface area contributed by atoms with Gasteiger partial charge in [0, 0.05) is 6.42 Å². The van der Waals surface area contributed by atoms with E-state index >= 15 is 0 Å². The summed E-state index contributed by atoms with van der Waals surface area (Å²) in [5.74, 6) is 1.55. The zero-order valence-electron chi connectivity index (χ0n) is 10.5. The van der Waals surface area contributed by atoms with Crippen LogP contribution in [0.5, 0.6) is 0 Å². The van der Waals surface area contributed by atoms with Gasteiger partial charge in [-0.05, 0) is 18.1 Å². The van der Waals surface area contributed by atoms with Crippen LogP contribution in [-0.4, -0.2) is 9.97 Å². The van der Waals surface area contributed by atoms with Gasteiger partial charge in [0.15, 0.2) is 0 Å². The summed E-state index contributed by atoms with van der Waals surface area (Å²) in [7, 11) is 0. The van der Waals surface area contributed by atoms with E-state index in [0.717, 1.165) is 17.8 Å². The molecule has 0 amide bonds. The Hall–Kier alpha value is -1.64. The molecule has 1 saturated carbocycles. The molecule has 2 aromatic rings. The largest absolute Gasteiger partial charge is 0.310 e. The molecule has 3 rings (SSSR count). The van der Waals surface area contributed by atoms with Crippen molar-refractivity contribution in [2.24, 2.45) is 5.92 Å². The van der Waals surface area contributed by atoms with Crippen molar-refractivity contribution in [2.75, 3.05) is 0 Å². The maximum Gasteiger partial charge on any atom is 0.258 e. The van der Waals surface area contributed by atoms with E-state index in [0.29, 0.717) is 11.3 Å². The zero-order chi connectivity index (χ0) is 12.4. The van der Waals surface area contributed by atoms with E-state index in [1.807, 2.05) is 24.3 Å². The molecule has 0 radical (unpaired) electrons. The minimum Gasteiger partial charge on any atom is -0.310 e. The van der Waals surface area contributed by atoms with Crippen molar-refractivity contribution < 1.29 is 0 Å². The van der Waals surface area contributed by atoms with E-state index in [4.69, 9.17) is 0 Å². The van der Waals surface area contributed by atoms with Crippen molar-refractivity contribution >= 4 is 10.9 Å². The lowest BCUT2D eigenvalue weighted by atomic mass is 9.87. The molecule has 0 atom stereocenters. The third-order valence-electron chi connectivity index (χ3n) is 3.87. The fraction of sp³-hybridized carbons (Fsp3) is 0.467. The molecule has 18 heavy (non-hydrogen) atoms. The van der Waals surface area contributed by atoms with Gasteiger partial charge in [0.05, 0.1) is 10.9 Å². The molecular formula is C15H18N2O. The number of para-hydroxylation sites is 1. The molecule has 1 aromatic heterocycles. The molecule has 1 aromatic carbocycles. The lowest BCUT2D eigenvalue weighted by molar-refractivity contribution is 0.351. The van der Waals surface area contributed by atoms with Crippen LogP contribution >= 0.6 is 0 Å². The average Bonchev–Trinajstić information content (AvgIpc) is 2.40. The number of fused-ring (bicyclic) bond motifs is 1. The molecule has 1 N–H and O–H groups in total. The Morgan fingerprint density at radius 2 is 1.94 bits per heavy atom. The van der Waals surface area contributed by atoms with Gasteiger partial charge in [-0.25, -0.2) is 4.98 Å². The molecule has 3 heteroatoms. The molecule has 1 aliphatic carbocycles. The number of benzene rings is 1. The Labute approximate surface area is 106 Å². The number of nitrogens with one attached hydrogen (secondary N) is 1. The third kappa shape index (κ3) is 2.30. The molecular weight excluding hydrogens is 224 g/mol.